The van der Waals surface area contributed by atoms with E-state index >= 15 is 0 Å². The Kier molecular flexibility index (Phi) is 8.69. The van der Waals surface area contributed by atoms with E-state index in [-0.39, 0.29) is 18.7 Å². The molecule has 0 aliphatic rings. The van der Waals surface area contributed by atoms with E-state index in [0.717, 1.165) is 25.3 Å². The third kappa shape index (κ3) is 6.13. The summed E-state index contributed by atoms with van der Waals surface area (Å²) in [4.78, 5) is 4.00. The number of hydrogen-bond acceptors (Lipinski definition) is 4. The first-order valence-electron chi connectivity index (χ1n) is 7.48. The predicted octanol–water partition coefficient (Wildman–Crippen LogP) is 1.62. The second-order valence-electron chi connectivity index (χ2n) is 5.60. The highest BCUT2D eigenvalue weighted by molar-refractivity contribution is 6.79. The Morgan fingerprint density at radius 2 is 1.35 bits per heavy atom. The lowest BCUT2D eigenvalue weighted by Gasteiger charge is -2.24. The third-order valence-electron chi connectivity index (χ3n) is 3.93. The van der Waals surface area contributed by atoms with Crippen LogP contribution in [0.1, 0.15) is 37.7 Å². The summed E-state index contributed by atoms with van der Waals surface area (Å²) in [5, 5.41) is 27.8. The van der Waals surface area contributed by atoms with Gasteiger partial charge in [-0.2, -0.15) is 0 Å². The van der Waals surface area contributed by atoms with Crippen LogP contribution in [0.15, 0.2) is 24.5 Å². The van der Waals surface area contributed by atoms with Crippen molar-refractivity contribution in [3.8, 4) is 0 Å². The van der Waals surface area contributed by atoms with E-state index in [1.54, 1.807) is 0 Å². The smallest absolute Gasteiger partial charge is 0.139 e. The van der Waals surface area contributed by atoms with Gasteiger partial charge in [0.05, 0.1) is 0 Å². The van der Waals surface area contributed by atoms with Crippen LogP contribution in [0, 0.1) is 0 Å². The van der Waals surface area contributed by atoms with Gasteiger partial charge in [-0.25, -0.2) is 0 Å². The van der Waals surface area contributed by atoms with E-state index < -0.39 is 8.07 Å². The van der Waals surface area contributed by atoms with Gasteiger partial charge in [0.2, 0.25) is 0 Å². The highest BCUT2D eigenvalue weighted by Crippen LogP contribution is 2.15. The summed E-state index contributed by atoms with van der Waals surface area (Å²) in [6, 6.07) is 4.94. The van der Waals surface area contributed by atoms with Crippen molar-refractivity contribution < 1.29 is 15.3 Å². The van der Waals surface area contributed by atoms with Crippen LogP contribution in [0.25, 0.3) is 0 Å². The molecule has 0 bridgehead atoms. The van der Waals surface area contributed by atoms with E-state index in [2.05, 4.69) is 17.1 Å². The van der Waals surface area contributed by atoms with Crippen molar-refractivity contribution in [3.05, 3.63) is 30.1 Å². The fourth-order valence-electron chi connectivity index (χ4n) is 2.30. The molecule has 3 N–H and O–H groups in total. The topological polar surface area (TPSA) is 73.6 Å². The summed E-state index contributed by atoms with van der Waals surface area (Å²) in [6.07, 6.45) is 10.4. The van der Waals surface area contributed by atoms with Gasteiger partial charge in [0.15, 0.2) is 0 Å². The maximum Gasteiger partial charge on any atom is 0.139 e. The molecule has 0 radical (unpaired) electrons. The molecule has 0 atom stereocenters. The Bertz CT molecular complexity index is 336. The van der Waals surface area contributed by atoms with Crippen LogP contribution in [0.2, 0.25) is 6.04 Å². The summed E-state index contributed by atoms with van der Waals surface area (Å²) in [6.45, 7) is 0. The van der Waals surface area contributed by atoms with Gasteiger partial charge in [-0.05, 0) is 30.5 Å². The van der Waals surface area contributed by atoms with Crippen LogP contribution in [0.3, 0.4) is 0 Å². The van der Waals surface area contributed by atoms with Crippen molar-refractivity contribution in [1.82, 2.24) is 4.98 Å². The fraction of sp³-hybridized carbons (Fsp3) is 0.667. The molecule has 0 saturated carbocycles. The number of nitrogens with zero attached hydrogens (tertiary/aromatic N) is 1. The number of aryl methyl sites for hydroxylation is 1. The molecule has 0 fully saturated rings. The monoisotopic (exact) mass is 297 g/mol. The van der Waals surface area contributed by atoms with Crippen molar-refractivity contribution >= 4 is 8.07 Å². The van der Waals surface area contributed by atoms with Crippen molar-refractivity contribution in [1.29, 1.82) is 0 Å². The Morgan fingerprint density at radius 1 is 0.800 bits per heavy atom. The largest absolute Gasteiger partial charge is 0.399 e. The van der Waals surface area contributed by atoms with Gasteiger partial charge in [-0.3, -0.25) is 4.98 Å². The van der Waals surface area contributed by atoms with Crippen LogP contribution in [0.5, 0.6) is 0 Å². The van der Waals surface area contributed by atoms with Crippen LogP contribution in [-0.2, 0) is 6.42 Å². The van der Waals surface area contributed by atoms with E-state index in [4.69, 9.17) is 0 Å². The number of rotatable bonds is 11. The van der Waals surface area contributed by atoms with Crippen LogP contribution in [0.4, 0.5) is 0 Å². The molecule has 1 aromatic heterocycles. The van der Waals surface area contributed by atoms with Gasteiger partial charge in [-0.1, -0.05) is 31.7 Å². The fourth-order valence-corrected chi connectivity index (χ4v) is 4.07. The lowest BCUT2D eigenvalue weighted by atomic mass is 10.1. The molecule has 0 aliphatic carbocycles. The molecular weight excluding hydrogens is 270 g/mol. The second-order valence-corrected chi connectivity index (χ2v) is 10.0. The zero-order valence-corrected chi connectivity index (χ0v) is 13.2. The SMILES string of the molecule is OC[Si](CO)(CO)CCCCCCCc1ccncc1. The minimum absolute atomic E-state index is 0.0119. The minimum atomic E-state index is -2.18. The first kappa shape index (κ1) is 17.3. The van der Waals surface area contributed by atoms with E-state index in [0.29, 0.717) is 0 Å². The first-order valence-corrected chi connectivity index (χ1v) is 10.3. The quantitative estimate of drug-likeness (QED) is 0.429. The van der Waals surface area contributed by atoms with Crippen molar-refractivity contribution in [2.45, 2.75) is 44.6 Å². The van der Waals surface area contributed by atoms with Crippen molar-refractivity contribution in [3.63, 3.8) is 0 Å². The highest BCUT2D eigenvalue weighted by Gasteiger charge is 2.30. The van der Waals surface area contributed by atoms with Gasteiger partial charge in [0.25, 0.3) is 0 Å². The number of hydrogen-bond donors (Lipinski definition) is 3. The average molecular weight is 297 g/mol. The van der Waals surface area contributed by atoms with Gasteiger partial charge >= 0.3 is 0 Å². The van der Waals surface area contributed by atoms with Crippen LogP contribution in [-0.4, -0.2) is 47.1 Å². The standard InChI is InChI=1S/C15H27NO3Si/c17-12-20(13-18,14-19)11-5-3-1-2-4-6-15-7-9-16-10-8-15/h7-10,17-19H,1-6,11-14H2. The van der Waals surface area contributed by atoms with Crippen molar-refractivity contribution in [2.75, 3.05) is 18.7 Å². The van der Waals surface area contributed by atoms with E-state index in [1.165, 1.54) is 24.8 Å². The normalized spacial score (nSPS) is 11.8. The molecule has 0 aliphatic heterocycles. The molecule has 1 heterocycles. The van der Waals surface area contributed by atoms with Crippen molar-refractivity contribution in [2.24, 2.45) is 0 Å². The molecular formula is C15H27NO3Si. The average Bonchev–Trinajstić information content (AvgIpc) is 2.52. The van der Waals surface area contributed by atoms with Gasteiger partial charge in [0.1, 0.15) is 8.07 Å². The Hall–Kier alpha value is -0.753. The molecule has 5 heteroatoms. The van der Waals surface area contributed by atoms with Gasteiger partial charge in [-0.15, -0.1) is 0 Å². The maximum atomic E-state index is 9.28. The molecule has 114 valence electrons. The minimum Gasteiger partial charge on any atom is -0.399 e. The molecule has 1 rings (SSSR count). The number of aromatic nitrogens is 1. The molecule has 4 nitrogen and oxygen atoms in total. The van der Waals surface area contributed by atoms with Gasteiger partial charge < -0.3 is 15.3 Å². The van der Waals surface area contributed by atoms with Crippen LogP contribution >= 0.6 is 0 Å². The number of pyridine rings is 1. The van der Waals surface area contributed by atoms with Gasteiger partial charge in [0, 0.05) is 31.1 Å². The molecule has 1 aromatic rings. The molecule has 0 unspecified atom stereocenters. The van der Waals surface area contributed by atoms with E-state index in [1.807, 2.05) is 12.4 Å². The summed E-state index contributed by atoms with van der Waals surface area (Å²) < 4.78 is 0. The van der Waals surface area contributed by atoms with E-state index in [9.17, 15) is 15.3 Å². The second kappa shape index (κ2) is 10.0. The summed E-state index contributed by atoms with van der Waals surface area (Å²) in [7, 11) is -2.18. The van der Waals surface area contributed by atoms with Crippen LogP contribution < -0.4 is 0 Å². The highest BCUT2D eigenvalue weighted by atomic mass is 28.3. The number of unbranched alkanes of at least 4 members (excludes halogenated alkanes) is 4. The number of aliphatic hydroxyl groups excluding tert-OH is 3. The Labute approximate surface area is 122 Å². The Balaban J connectivity index is 2.05. The zero-order chi connectivity index (χ0) is 14.7. The maximum absolute atomic E-state index is 9.28. The molecule has 0 spiro atoms. The zero-order valence-electron chi connectivity index (χ0n) is 12.2. The lowest BCUT2D eigenvalue weighted by Crippen LogP contribution is -2.48. The molecule has 0 amide bonds. The third-order valence-corrected chi connectivity index (χ3v) is 7.35. The Morgan fingerprint density at radius 3 is 1.95 bits per heavy atom. The summed E-state index contributed by atoms with van der Waals surface area (Å²) in [5.74, 6) is 0. The molecule has 0 saturated heterocycles. The first-order chi connectivity index (χ1) is 9.76. The number of aliphatic hydroxyl groups is 3. The summed E-state index contributed by atoms with van der Waals surface area (Å²) >= 11 is 0. The molecule has 20 heavy (non-hydrogen) atoms. The summed E-state index contributed by atoms with van der Waals surface area (Å²) in [5.41, 5.74) is 1.34. The lowest BCUT2D eigenvalue weighted by molar-refractivity contribution is 0.286. The predicted molar refractivity (Wildman–Crippen MR) is 82.8 cm³/mol. The molecule has 0 aromatic carbocycles.